The molecule has 0 aliphatic carbocycles. The van der Waals surface area contributed by atoms with Gasteiger partial charge in [0.05, 0.1) is 24.0 Å². The smallest absolute Gasteiger partial charge is 0.254 e. The maximum atomic E-state index is 12.9. The lowest BCUT2D eigenvalue weighted by molar-refractivity contribution is -0.148. The largest absolute Gasteiger partial charge is 0.393 e. The van der Waals surface area contributed by atoms with Gasteiger partial charge in [-0.2, -0.15) is 0 Å². The maximum Gasteiger partial charge on any atom is 0.254 e. The molecule has 4 aliphatic rings. The van der Waals surface area contributed by atoms with E-state index >= 15 is 0 Å². The molecule has 2 fully saturated rings. The number of rotatable bonds is 14. The first kappa shape index (κ1) is 32.3. The highest BCUT2D eigenvalue weighted by atomic mass is 32.2. The van der Waals surface area contributed by atoms with Crippen molar-refractivity contribution in [1.29, 1.82) is 0 Å². The first-order chi connectivity index (χ1) is 19.3. The fourth-order valence-electron chi connectivity index (χ4n) is 6.44. The molecule has 4 atom stereocenters. The number of amides is 4. The number of hydrogen-bond donors (Lipinski definition) is 2. The van der Waals surface area contributed by atoms with Crippen LogP contribution in [-0.2, 0) is 19.2 Å². The third kappa shape index (κ3) is 8.27. The van der Waals surface area contributed by atoms with Crippen molar-refractivity contribution in [2.24, 2.45) is 22.7 Å². The normalized spacial score (nSPS) is 24.8. The molecule has 4 aliphatic heterocycles. The van der Waals surface area contributed by atoms with Crippen LogP contribution in [0.5, 0.6) is 0 Å². The lowest BCUT2D eigenvalue weighted by Crippen LogP contribution is -2.47. The van der Waals surface area contributed by atoms with Gasteiger partial charge in [0.2, 0.25) is 11.8 Å². The quantitative estimate of drug-likeness (QED) is 0.278. The monoisotopic (exact) mass is 606 g/mol. The molecule has 4 unspecified atom stereocenters. The zero-order valence-electron chi connectivity index (χ0n) is 24.9. The molecule has 10 heteroatoms. The Hall–Kier alpha value is -1.62. The molecule has 0 saturated carbocycles. The molecular formula is C31H46N2O6S2. The summed E-state index contributed by atoms with van der Waals surface area (Å²) >= 11 is 3.21. The Bertz CT molecular complexity index is 1100. The number of carbonyl (C=O) groups is 4. The summed E-state index contributed by atoms with van der Waals surface area (Å²) in [5.41, 5.74) is -0.661. The minimum Gasteiger partial charge on any atom is -0.393 e. The molecule has 2 N–H and O–H groups in total. The summed E-state index contributed by atoms with van der Waals surface area (Å²) in [5, 5.41) is 21.2. The highest BCUT2D eigenvalue weighted by molar-refractivity contribution is 8.03. The minimum atomic E-state index is -0.577. The van der Waals surface area contributed by atoms with Crippen molar-refractivity contribution in [3.63, 3.8) is 0 Å². The van der Waals surface area contributed by atoms with Crippen LogP contribution < -0.4 is 0 Å². The van der Waals surface area contributed by atoms with Crippen molar-refractivity contribution in [3.05, 3.63) is 22.0 Å². The van der Waals surface area contributed by atoms with Gasteiger partial charge in [-0.25, -0.2) is 0 Å². The fourth-order valence-corrected chi connectivity index (χ4v) is 8.83. The van der Waals surface area contributed by atoms with Gasteiger partial charge in [-0.1, -0.05) is 34.1 Å². The van der Waals surface area contributed by atoms with Crippen LogP contribution in [0.2, 0.25) is 0 Å². The molecule has 4 amide bonds. The topological polar surface area (TPSA) is 115 Å². The minimum absolute atomic E-state index is 0.0691. The third-order valence-electron chi connectivity index (χ3n) is 8.66. The van der Waals surface area contributed by atoms with Crippen LogP contribution in [-0.4, -0.2) is 80.4 Å². The van der Waals surface area contributed by atoms with E-state index in [9.17, 15) is 29.4 Å². The van der Waals surface area contributed by atoms with Crippen LogP contribution in [0.25, 0.3) is 0 Å². The molecule has 0 aromatic heterocycles. The molecule has 8 nitrogen and oxygen atoms in total. The fraction of sp³-hybridized carbons (Fsp3) is 0.742. The Morgan fingerprint density at radius 1 is 0.756 bits per heavy atom. The molecule has 4 heterocycles. The van der Waals surface area contributed by atoms with Gasteiger partial charge in [0.1, 0.15) is 0 Å². The lowest BCUT2D eigenvalue weighted by atomic mass is 9.83. The van der Waals surface area contributed by atoms with Crippen molar-refractivity contribution in [2.75, 3.05) is 24.6 Å². The Morgan fingerprint density at radius 3 is 1.76 bits per heavy atom. The van der Waals surface area contributed by atoms with Crippen molar-refractivity contribution >= 4 is 47.2 Å². The van der Waals surface area contributed by atoms with Crippen molar-refractivity contribution in [3.8, 4) is 0 Å². The summed E-state index contributed by atoms with van der Waals surface area (Å²) in [6, 6.07) is 0. The van der Waals surface area contributed by atoms with Gasteiger partial charge >= 0.3 is 0 Å². The average Bonchev–Trinajstić information content (AvgIpc) is 3.53. The third-order valence-corrected chi connectivity index (χ3v) is 11.0. The first-order valence-corrected chi connectivity index (χ1v) is 17.0. The summed E-state index contributed by atoms with van der Waals surface area (Å²) in [6.45, 7) is 8.75. The number of carbonyl (C=O) groups excluding carboxylic acids is 4. The Balaban J connectivity index is 1.13. The molecule has 0 aromatic carbocycles. The molecule has 41 heavy (non-hydrogen) atoms. The SMILES string of the molecule is CC(C)(CCCC(O)CCCC(O)CC(C)(C)CN1C(=O)C=C2SCCC2C1=O)CN1C(=O)C=C2SCCC2C1=O. The second kappa shape index (κ2) is 13.3. The van der Waals surface area contributed by atoms with E-state index in [1.54, 1.807) is 35.7 Å². The van der Waals surface area contributed by atoms with Crippen LogP contribution in [0.3, 0.4) is 0 Å². The highest BCUT2D eigenvalue weighted by Crippen LogP contribution is 2.42. The van der Waals surface area contributed by atoms with Gasteiger partial charge in [-0.15, -0.1) is 23.5 Å². The van der Waals surface area contributed by atoms with E-state index in [1.807, 2.05) is 13.8 Å². The second-order valence-corrected chi connectivity index (χ2v) is 16.0. The average molecular weight is 607 g/mol. The molecule has 0 spiro atoms. The molecular weight excluding hydrogens is 560 g/mol. The number of imide groups is 2. The zero-order valence-corrected chi connectivity index (χ0v) is 26.5. The van der Waals surface area contributed by atoms with Crippen LogP contribution in [0.4, 0.5) is 0 Å². The summed E-state index contributed by atoms with van der Waals surface area (Å²) in [5.74, 6) is 0.779. The van der Waals surface area contributed by atoms with Crippen LogP contribution in [0, 0.1) is 22.7 Å². The van der Waals surface area contributed by atoms with E-state index in [0.29, 0.717) is 38.6 Å². The number of fused-ring (bicyclic) bond motifs is 2. The van der Waals surface area contributed by atoms with Gasteiger partial charge in [0.15, 0.2) is 0 Å². The van der Waals surface area contributed by atoms with E-state index in [-0.39, 0.29) is 47.4 Å². The van der Waals surface area contributed by atoms with Crippen molar-refractivity contribution in [2.45, 2.75) is 97.7 Å². The van der Waals surface area contributed by atoms with Crippen molar-refractivity contribution < 1.29 is 29.4 Å². The molecule has 4 rings (SSSR count). The van der Waals surface area contributed by atoms with E-state index < -0.39 is 17.6 Å². The number of thioether (sulfide) groups is 2. The first-order valence-electron chi connectivity index (χ1n) is 15.0. The number of aliphatic hydroxyl groups excluding tert-OH is 2. The van der Waals surface area contributed by atoms with Gasteiger partial charge in [0, 0.05) is 35.1 Å². The van der Waals surface area contributed by atoms with Gasteiger partial charge in [-0.05, 0) is 73.7 Å². The molecule has 0 bridgehead atoms. The standard InChI is InChI=1S/C31H46N2O6S2/c1-30(2,18-32-26(36)15-24-22(28(32)38)10-13-40-24)12-6-9-20(34)7-5-8-21(35)17-31(3,4)19-33-27(37)16-25-23(29(33)39)11-14-41-25/h15-16,20-23,34-35H,5-14,17-19H2,1-4H3. The summed E-state index contributed by atoms with van der Waals surface area (Å²) in [7, 11) is 0. The second-order valence-electron chi connectivity index (χ2n) is 13.7. The predicted molar refractivity (Wildman–Crippen MR) is 163 cm³/mol. The molecule has 0 aromatic rings. The van der Waals surface area contributed by atoms with E-state index in [0.717, 1.165) is 47.0 Å². The van der Waals surface area contributed by atoms with E-state index in [2.05, 4.69) is 13.8 Å². The van der Waals surface area contributed by atoms with Crippen molar-refractivity contribution in [1.82, 2.24) is 9.80 Å². The Labute approximate surface area is 252 Å². The molecule has 228 valence electrons. The van der Waals surface area contributed by atoms with Gasteiger partial charge < -0.3 is 10.2 Å². The summed E-state index contributed by atoms with van der Waals surface area (Å²) in [4.78, 5) is 55.4. The predicted octanol–water partition coefficient (Wildman–Crippen LogP) is 4.50. The van der Waals surface area contributed by atoms with E-state index in [4.69, 9.17) is 0 Å². The lowest BCUT2D eigenvalue weighted by Gasteiger charge is -2.35. The van der Waals surface area contributed by atoms with Crippen LogP contribution in [0.1, 0.15) is 85.5 Å². The van der Waals surface area contributed by atoms with Gasteiger partial charge in [-0.3, -0.25) is 29.0 Å². The number of nitrogens with zero attached hydrogens (tertiary/aromatic N) is 2. The maximum absolute atomic E-state index is 12.9. The zero-order chi connectivity index (χ0) is 29.9. The Morgan fingerprint density at radius 2 is 1.22 bits per heavy atom. The Kier molecular flexibility index (Phi) is 10.5. The molecule has 2 saturated heterocycles. The number of hydrogen-bond acceptors (Lipinski definition) is 8. The van der Waals surface area contributed by atoms with Crippen LogP contribution in [0.15, 0.2) is 22.0 Å². The molecule has 0 radical (unpaired) electrons. The van der Waals surface area contributed by atoms with Gasteiger partial charge in [0.25, 0.3) is 11.8 Å². The highest BCUT2D eigenvalue weighted by Gasteiger charge is 2.42. The summed E-state index contributed by atoms with van der Waals surface area (Å²) < 4.78 is 0. The summed E-state index contributed by atoms with van der Waals surface area (Å²) in [6.07, 6.45) is 8.25. The van der Waals surface area contributed by atoms with E-state index in [1.165, 1.54) is 9.80 Å². The number of aliphatic hydroxyl groups is 2. The van der Waals surface area contributed by atoms with Crippen LogP contribution >= 0.6 is 23.5 Å².